The third kappa shape index (κ3) is 2.47. The van der Waals surface area contributed by atoms with Crippen molar-refractivity contribution < 1.29 is 4.74 Å². The summed E-state index contributed by atoms with van der Waals surface area (Å²) in [4.78, 5) is 12.2. The molecule has 17 heavy (non-hydrogen) atoms. The monoisotopic (exact) mass is 297 g/mol. The van der Waals surface area contributed by atoms with Crippen molar-refractivity contribution in [1.82, 2.24) is 4.57 Å². The molecule has 1 aliphatic heterocycles. The Bertz CT molecular complexity index is 467. The highest BCUT2D eigenvalue weighted by Gasteiger charge is 2.27. The highest BCUT2D eigenvalue weighted by atomic mass is 79.9. The number of alkyl halides is 1. The van der Waals surface area contributed by atoms with Crippen molar-refractivity contribution in [3.63, 3.8) is 0 Å². The summed E-state index contributed by atoms with van der Waals surface area (Å²) in [5.74, 6) is 0. The molecule has 0 radical (unpaired) electrons. The van der Waals surface area contributed by atoms with E-state index in [4.69, 9.17) is 4.74 Å². The van der Waals surface area contributed by atoms with E-state index in [0.29, 0.717) is 10.9 Å². The molecule has 1 saturated heterocycles. The summed E-state index contributed by atoms with van der Waals surface area (Å²) in [5.41, 5.74) is 1.25. The molecule has 4 heteroatoms. The molecule has 1 saturated carbocycles. The van der Waals surface area contributed by atoms with Crippen molar-refractivity contribution in [3.05, 3.63) is 34.2 Å². The van der Waals surface area contributed by atoms with Crippen molar-refractivity contribution in [3.8, 4) is 0 Å². The molecule has 3 nitrogen and oxygen atoms in total. The fraction of sp³-hybridized carbons (Fsp3) is 0.615. The van der Waals surface area contributed by atoms with Crippen LogP contribution >= 0.6 is 15.9 Å². The van der Waals surface area contributed by atoms with Gasteiger partial charge in [-0.1, -0.05) is 15.9 Å². The molecule has 3 rings (SSSR count). The minimum atomic E-state index is 0.113. The third-order valence-electron chi connectivity index (χ3n) is 3.49. The van der Waals surface area contributed by atoms with Crippen molar-refractivity contribution >= 4 is 15.9 Å². The maximum Gasteiger partial charge on any atom is 0.250 e. The Morgan fingerprint density at radius 1 is 1.29 bits per heavy atom. The summed E-state index contributed by atoms with van der Waals surface area (Å²) in [5, 5.41) is 0. The molecule has 2 atom stereocenters. The number of hydrogen-bond donors (Lipinski definition) is 0. The second kappa shape index (κ2) is 4.58. The van der Waals surface area contributed by atoms with Crippen molar-refractivity contribution in [2.75, 3.05) is 6.61 Å². The summed E-state index contributed by atoms with van der Waals surface area (Å²) in [6.45, 7) is 0.795. The molecule has 2 heterocycles. The Hall–Kier alpha value is -0.610. The van der Waals surface area contributed by atoms with Crippen LogP contribution in [0.1, 0.15) is 43.4 Å². The number of halogens is 1. The van der Waals surface area contributed by atoms with E-state index in [1.54, 1.807) is 6.07 Å². The Balaban J connectivity index is 1.87. The number of pyridine rings is 1. The minimum absolute atomic E-state index is 0.113. The highest BCUT2D eigenvalue weighted by Crippen LogP contribution is 2.35. The van der Waals surface area contributed by atoms with E-state index in [2.05, 4.69) is 15.9 Å². The maximum atomic E-state index is 11.7. The minimum Gasteiger partial charge on any atom is -0.373 e. The number of ether oxygens (including phenoxy) is 1. The van der Waals surface area contributed by atoms with Gasteiger partial charge in [-0.2, -0.15) is 0 Å². The van der Waals surface area contributed by atoms with Crippen LogP contribution < -0.4 is 5.56 Å². The Morgan fingerprint density at radius 3 is 2.82 bits per heavy atom. The van der Waals surface area contributed by atoms with Gasteiger partial charge in [0.2, 0.25) is 0 Å². The summed E-state index contributed by atoms with van der Waals surface area (Å²) in [6.07, 6.45) is 6.46. The zero-order valence-corrected chi connectivity index (χ0v) is 11.2. The fourth-order valence-electron chi connectivity index (χ4n) is 2.34. The Labute approximate surface area is 109 Å². The van der Waals surface area contributed by atoms with Gasteiger partial charge in [0.1, 0.15) is 0 Å². The van der Waals surface area contributed by atoms with Crippen molar-refractivity contribution in [2.24, 2.45) is 0 Å². The molecule has 0 N–H and O–H groups in total. The molecule has 0 amide bonds. The molecule has 1 aliphatic carbocycles. The molecule has 1 aromatic rings. The topological polar surface area (TPSA) is 31.2 Å². The predicted molar refractivity (Wildman–Crippen MR) is 69.6 cm³/mol. The average molecular weight is 298 g/mol. The van der Waals surface area contributed by atoms with E-state index in [1.165, 1.54) is 0 Å². The van der Waals surface area contributed by atoms with Gasteiger partial charge in [-0.3, -0.25) is 4.79 Å². The van der Waals surface area contributed by atoms with Gasteiger partial charge in [0.25, 0.3) is 5.56 Å². The molecule has 2 fully saturated rings. The Kier molecular flexibility index (Phi) is 3.09. The fourth-order valence-corrected chi connectivity index (χ4v) is 2.86. The zero-order valence-electron chi connectivity index (χ0n) is 9.64. The van der Waals surface area contributed by atoms with Gasteiger partial charge in [0.15, 0.2) is 0 Å². The van der Waals surface area contributed by atoms with Crippen LogP contribution in [0, 0.1) is 0 Å². The first-order valence-corrected chi connectivity index (χ1v) is 7.13. The van der Waals surface area contributed by atoms with Gasteiger partial charge in [-0.05, 0) is 37.3 Å². The summed E-state index contributed by atoms with van der Waals surface area (Å²) < 4.78 is 7.66. The van der Waals surface area contributed by atoms with Gasteiger partial charge >= 0.3 is 0 Å². The van der Waals surface area contributed by atoms with Crippen LogP contribution in [-0.4, -0.2) is 16.0 Å². The normalized spacial score (nSPS) is 29.2. The molecule has 0 aromatic carbocycles. The summed E-state index contributed by atoms with van der Waals surface area (Å²) in [7, 11) is 0. The van der Waals surface area contributed by atoms with Crippen LogP contribution in [0.2, 0.25) is 0 Å². The first-order chi connectivity index (χ1) is 8.24. The molecular formula is C13H16BrNO2. The molecular weight excluding hydrogens is 282 g/mol. The van der Waals surface area contributed by atoms with Crippen LogP contribution in [0.15, 0.2) is 23.1 Å². The molecule has 2 aliphatic rings. The average Bonchev–Trinajstić information content (AvgIpc) is 3.14. The quantitative estimate of drug-likeness (QED) is 0.786. The van der Waals surface area contributed by atoms with Gasteiger partial charge in [-0.25, -0.2) is 0 Å². The molecule has 92 valence electrons. The molecule has 1 aromatic heterocycles. The smallest absolute Gasteiger partial charge is 0.250 e. The lowest BCUT2D eigenvalue weighted by Gasteiger charge is -2.26. The predicted octanol–water partition coefficient (Wildman–Crippen LogP) is 2.80. The van der Waals surface area contributed by atoms with E-state index < -0.39 is 0 Å². The molecule has 0 bridgehead atoms. The lowest BCUT2D eigenvalue weighted by Crippen LogP contribution is -2.23. The number of nitrogens with zero attached hydrogens (tertiary/aromatic N) is 1. The second-order valence-corrected chi connectivity index (χ2v) is 6.22. The number of hydrogen-bond acceptors (Lipinski definition) is 2. The lowest BCUT2D eigenvalue weighted by molar-refractivity contribution is 0.0183. The highest BCUT2D eigenvalue weighted by molar-refractivity contribution is 9.09. The standard InChI is InChI=1S/C13H16BrNO2/c14-10-5-6-17-12(7-10)9-1-4-13(16)15(8-9)11-2-3-11/h1,4,8,10-12H,2-3,5-7H2. The van der Waals surface area contributed by atoms with Gasteiger partial charge < -0.3 is 9.30 Å². The van der Waals surface area contributed by atoms with Gasteiger partial charge in [0, 0.05) is 29.7 Å². The lowest BCUT2D eigenvalue weighted by atomic mass is 10.0. The van der Waals surface area contributed by atoms with Gasteiger partial charge in [-0.15, -0.1) is 0 Å². The number of aromatic nitrogens is 1. The summed E-state index contributed by atoms with van der Waals surface area (Å²) >= 11 is 3.65. The van der Waals surface area contributed by atoms with Crippen LogP contribution in [0.25, 0.3) is 0 Å². The number of rotatable bonds is 2. The molecule has 0 spiro atoms. The first-order valence-electron chi connectivity index (χ1n) is 6.22. The van der Waals surface area contributed by atoms with E-state index in [0.717, 1.165) is 37.9 Å². The van der Waals surface area contributed by atoms with Crippen molar-refractivity contribution in [1.29, 1.82) is 0 Å². The van der Waals surface area contributed by atoms with Crippen LogP contribution in [-0.2, 0) is 4.74 Å². The first kappa shape index (κ1) is 11.5. The van der Waals surface area contributed by atoms with Crippen molar-refractivity contribution in [2.45, 2.75) is 42.7 Å². The largest absolute Gasteiger partial charge is 0.373 e. The van der Waals surface area contributed by atoms with E-state index >= 15 is 0 Å². The van der Waals surface area contributed by atoms with Gasteiger partial charge in [0.05, 0.1) is 6.10 Å². The van der Waals surface area contributed by atoms with E-state index in [1.807, 2.05) is 16.8 Å². The van der Waals surface area contributed by atoms with Crippen LogP contribution in [0.4, 0.5) is 0 Å². The third-order valence-corrected chi connectivity index (χ3v) is 4.32. The van der Waals surface area contributed by atoms with E-state index in [9.17, 15) is 4.79 Å². The zero-order chi connectivity index (χ0) is 11.8. The maximum absolute atomic E-state index is 11.7. The molecule has 2 unspecified atom stereocenters. The SMILES string of the molecule is O=c1ccc(C2CC(Br)CCO2)cn1C1CC1. The van der Waals surface area contributed by atoms with Crippen LogP contribution in [0.5, 0.6) is 0 Å². The second-order valence-electron chi connectivity index (χ2n) is 4.92. The van der Waals surface area contributed by atoms with E-state index in [-0.39, 0.29) is 11.7 Å². The summed E-state index contributed by atoms with van der Waals surface area (Å²) in [6, 6.07) is 4.02. The van der Waals surface area contributed by atoms with Crippen LogP contribution in [0.3, 0.4) is 0 Å². The Morgan fingerprint density at radius 2 is 2.12 bits per heavy atom.